The highest BCUT2D eigenvalue weighted by Crippen LogP contribution is 2.48. The van der Waals surface area contributed by atoms with Gasteiger partial charge in [-0.1, -0.05) is 30.3 Å². The summed E-state index contributed by atoms with van der Waals surface area (Å²) in [6, 6.07) is 14.8. The Labute approximate surface area is 106 Å². The molecule has 2 bridgehead atoms. The first-order valence-electron chi connectivity index (χ1n) is 6.38. The van der Waals surface area contributed by atoms with Crippen molar-refractivity contribution in [1.82, 2.24) is 5.32 Å². The Hall–Kier alpha value is -1.80. The summed E-state index contributed by atoms with van der Waals surface area (Å²) in [5.41, 5.74) is 5.14. The van der Waals surface area contributed by atoms with Crippen molar-refractivity contribution in [1.29, 1.82) is 0 Å². The first kappa shape index (κ1) is 10.2. The van der Waals surface area contributed by atoms with Crippen LogP contribution in [0, 0.1) is 0 Å². The lowest BCUT2D eigenvalue weighted by atomic mass is 9.82. The molecule has 2 aliphatic heterocycles. The van der Waals surface area contributed by atoms with Crippen molar-refractivity contribution in [2.24, 2.45) is 0 Å². The second-order valence-corrected chi connectivity index (χ2v) is 5.45. The van der Waals surface area contributed by atoms with E-state index in [1.165, 1.54) is 22.3 Å². The third-order valence-electron chi connectivity index (χ3n) is 4.39. The molecule has 2 N–H and O–H groups in total. The predicted octanol–water partition coefficient (Wildman–Crippen LogP) is 2.86. The highest BCUT2D eigenvalue weighted by atomic mass is 16.3. The highest BCUT2D eigenvalue weighted by Gasteiger charge is 2.45. The van der Waals surface area contributed by atoms with Gasteiger partial charge in [0, 0.05) is 6.04 Å². The first-order valence-corrected chi connectivity index (χ1v) is 6.38. The van der Waals surface area contributed by atoms with E-state index < -0.39 is 0 Å². The maximum atomic E-state index is 9.75. The Morgan fingerprint density at radius 3 is 2.89 bits per heavy atom. The molecule has 2 aromatic rings. The van der Waals surface area contributed by atoms with E-state index in [1.807, 2.05) is 6.07 Å². The van der Waals surface area contributed by atoms with Crippen LogP contribution in [-0.4, -0.2) is 5.11 Å². The molecule has 0 saturated heterocycles. The van der Waals surface area contributed by atoms with Gasteiger partial charge in [-0.3, -0.25) is 5.32 Å². The van der Waals surface area contributed by atoms with Crippen LogP contribution >= 0.6 is 0 Å². The Balaban J connectivity index is 2.04. The molecule has 0 fully saturated rings. The highest BCUT2D eigenvalue weighted by molar-refractivity contribution is 5.55. The van der Waals surface area contributed by atoms with Gasteiger partial charge in [0.2, 0.25) is 0 Å². The molecule has 0 aromatic heterocycles. The lowest BCUT2D eigenvalue weighted by Crippen LogP contribution is -2.41. The van der Waals surface area contributed by atoms with Crippen LogP contribution in [0.1, 0.15) is 35.2 Å². The predicted molar refractivity (Wildman–Crippen MR) is 70.6 cm³/mol. The molecule has 2 aromatic carbocycles. The van der Waals surface area contributed by atoms with Crippen molar-refractivity contribution in [3.05, 3.63) is 64.7 Å². The number of aromatic hydroxyl groups is 1. The summed E-state index contributed by atoms with van der Waals surface area (Å²) in [5.74, 6) is 0.347. The molecule has 18 heavy (non-hydrogen) atoms. The molecule has 0 unspecified atom stereocenters. The van der Waals surface area contributed by atoms with Crippen molar-refractivity contribution in [2.45, 2.75) is 24.9 Å². The van der Waals surface area contributed by atoms with Gasteiger partial charge in [-0.05, 0) is 47.7 Å². The molecule has 2 atom stereocenters. The molecule has 4 rings (SSSR count). The first-order chi connectivity index (χ1) is 8.68. The van der Waals surface area contributed by atoms with E-state index in [2.05, 4.69) is 42.6 Å². The summed E-state index contributed by atoms with van der Waals surface area (Å²) < 4.78 is 0. The summed E-state index contributed by atoms with van der Waals surface area (Å²) in [7, 11) is 0. The smallest absolute Gasteiger partial charge is 0.115 e. The zero-order valence-corrected chi connectivity index (χ0v) is 10.3. The Morgan fingerprint density at radius 2 is 2.00 bits per heavy atom. The van der Waals surface area contributed by atoms with Gasteiger partial charge in [-0.25, -0.2) is 0 Å². The Kier molecular flexibility index (Phi) is 1.78. The van der Waals surface area contributed by atoms with Crippen LogP contribution in [-0.2, 0) is 12.0 Å². The number of benzene rings is 2. The average molecular weight is 237 g/mol. The number of fused-ring (bicyclic) bond motifs is 7. The Bertz CT molecular complexity index is 649. The minimum Gasteiger partial charge on any atom is -0.508 e. The normalized spacial score (nSPS) is 27.7. The number of hydrogen-bond donors (Lipinski definition) is 2. The summed E-state index contributed by atoms with van der Waals surface area (Å²) in [6.45, 7) is 2.21. The van der Waals surface area contributed by atoms with Crippen LogP contribution in [0.4, 0.5) is 0 Å². The van der Waals surface area contributed by atoms with Gasteiger partial charge in [0.05, 0.1) is 5.54 Å². The van der Waals surface area contributed by atoms with E-state index in [4.69, 9.17) is 0 Å². The number of nitrogens with one attached hydrogen (secondary N) is 1. The Morgan fingerprint density at radius 1 is 1.17 bits per heavy atom. The van der Waals surface area contributed by atoms with Gasteiger partial charge in [-0.15, -0.1) is 0 Å². The summed E-state index contributed by atoms with van der Waals surface area (Å²) in [5, 5.41) is 13.5. The lowest BCUT2D eigenvalue weighted by Gasteiger charge is -2.34. The van der Waals surface area contributed by atoms with Crippen LogP contribution in [0.25, 0.3) is 0 Å². The standard InChI is InChI=1S/C16H15NO/c1-16-13-5-3-2-4-12(13)15(17-16)8-10-6-7-11(18)9-14(10)16/h2-7,9,15,17-18H,8H2,1H3/t15-,16-/m0/s1. The molecular weight excluding hydrogens is 222 g/mol. The molecule has 0 amide bonds. The van der Waals surface area contributed by atoms with Crippen molar-refractivity contribution in [3.63, 3.8) is 0 Å². The number of hydrogen-bond acceptors (Lipinski definition) is 2. The van der Waals surface area contributed by atoms with Gasteiger partial charge in [0.1, 0.15) is 5.75 Å². The number of rotatable bonds is 0. The van der Waals surface area contributed by atoms with Gasteiger partial charge in [0.25, 0.3) is 0 Å². The molecule has 0 radical (unpaired) electrons. The third kappa shape index (κ3) is 1.11. The van der Waals surface area contributed by atoms with E-state index in [-0.39, 0.29) is 5.54 Å². The van der Waals surface area contributed by atoms with Gasteiger partial charge < -0.3 is 5.11 Å². The zero-order valence-electron chi connectivity index (χ0n) is 10.3. The minimum atomic E-state index is -0.159. The second kappa shape index (κ2) is 3.15. The average Bonchev–Trinajstić information content (AvgIpc) is 2.62. The lowest BCUT2D eigenvalue weighted by molar-refractivity contribution is 0.385. The molecule has 90 valence electrons. The third-order valence-corrected chi connectivity index (χ3v) is 4.39. The zero-order chi connectivity index (χ0) is 12.3. The maximum absolute atomic E-state index is 9.75. The molecule has 2 nitrogen and oxygen atoms in total. The SMILES string of the molecule is C[C@@]12N[C@@H](Cc3ccc(O)cc31)c1ccccc12. The van der Waals surface area contributed by atoms with Gasteiger partial charge in [-0.2, -0.15) is 0 Å². The van der Waals surface area contributed by atoms with Crippen LogP contribution in [0.3, 0.4) is 0 Å². The summed E-state index contributed by atoms with van der Waals surface area (Å²) in [4.78, 5) is 0. The van der Waals surface area contributed by atoms with E-state index in [9.17, 15) is 5.11 Å². The quantitative estimate of drug-likeness (QED) is 0.738. The fraction of sp³-hybridized carbons (Fsp3) is 0.250. The fourth-order valence-electron chi connectivity index (χ4n) is 3.57. The van der Waals surface area contributed by atoms with Crippen molar-refractivity contribution < 1.29 is 5.11 Å². The fourth-order valence-corrected chi connectivity index (χ4v) is 3.57. The minimum absolute atomic E-state index is 0.159. The summed E-state index contributed by atoms with van der Waals surface area (Å²) >= 11 is 0. The van der Waals surface area contributed by atoms with E-state index in [0.717, 1.165) is 6.42 Å². The van der Waals surface area contributed by atoms with E-state index >= 15 is 0 Å². The van der Waals surface area contributed by atoms with E-state index in [1.54, 1.807) is 6.07 Å². The largest absolute Gasteiger partial charge is 0.508 e. The molecule has 2 aliphatic rings. The van der Waals surface area contributed by atoms with Crippen molar-refractivity contribution in [3.8, 4) is 5.75 Å². The van der Waals surface area contributed by atoms with Gasteiger partial charge in [0.15, 0.2) is 0 Å². The second-order valence-electron chi connectivity index (χ2n) is 5.45. The monoisotopic (exact) mass is 237 g/mol. The summed E-state index contributed by atoms with van der Waals surface area (Å²) in [6.07, 6.45) is 1.00. The van der Waals surface area contributed by atoms with Crippen LogP contribution in [0.2, 0.25) is 0 Å². The van der Waals surface area contributed by atoms with E-state index in [0.29, 0.717) is 11.8 Å². The molecule has 0 spiro atoms. The molecule has 0 aliphatic carbocycles. The van der Waals surface area contributed by atoms with Crippen LogP contribution in [0.5, 0.6) is 5.75 Å². The molecule has 2 heteroatoms. The molecule has 2 heterocycles. The topological polar surface area (TPSA) is 32.3 Å². The number of phenolic OH excluding ortho intramolecular Hbond substituents is 1. The van der Waals surface area contributed by atoms with Crippen LogP contribution < -0.4 is 5.32 Å². The van der Waals surface area contributed by atoms with Crippen LogP contribution in [0.15, 0.2) is 42.5 Å². The number of phenols is 1. The van der Waals surface area contributed by atoms with Crippen molar-refractivity contribution >= 4 is 0 Å². The van der Waals surface area contributed by atoms with Crippen molar-refractivity contribution in [2.75, 3.05) is 0 Å². The molecular formula is C16H15NO. The van der Waals surface area contributed by atoms with Gasteiger partial charge >= 0.3 is 0 Å². The molecule has 0 saturated carbocycles. The maximum Gasteiger partial charge on any atom is 0.115 e.